The van der Waals surface area contributed by atoms with Crippen LogP contribution < -0.4 is 0 Å². The largest absolute Gasteiger partial charge is 0.479 e. The molecule has 0 aliphatic heterocycles. The lowest BCUT2D eigenvalue weighted by atomic mass is 9.95. The molecule has 5 heteroatoms. The van der Waals surface area contributed by atoms with E-state index < -0.39 is 11.6 Å². The number of ether oxygens (including phenoxy) is 1. The average molecular weight is 223 g/mol. The Morgan fingerprint density at radius 2 is 2.23 bits per heavy atom. The molecule has 0 aromatic carbocycles. The number of aliphatic carboxylic acids is 1. The number of hydrogen-bond acceptors (Lipinski definition) is 2. The first-order valence-electron chi connectivity index (χ1n) is 3.54. The summed E-state index contributed by atoms with van der Waals surface area (Å²) in [4.78, 5) is 10.9. The molecule has 0 saturated heterocycles. The second-order valence-corrected chi connectivity index (χ2v) is 3.53. The molecule has 0 spiro atoms. The predicted molar refractivity (Wildman–Crippen MR) is 49.9 cm³/mol. The highest BCUT2D eigenvalue weighted by molar-refractivity contribution is 6.35. The van der Waals surface area contributed by atoms with Crippen molar-refractivity contribution in [3.63, 3.8) is 0 Å². The number of halogens is 2. The van der Waals surface area contributed by atoms with Gasteiger partial charge in [-0.15, -0.1) is 0 Å². The monoisotopic (exact) mass is 222 g/mol. The summed E-state index contributed by atoms with van der Waals surface area (Å²) < 4.78 is 4.90. The first kappa shape index (κ1) is 10.6. The van der Waals surface area contributed by atoms with Gasteiger partial charge in [-0.1, -0.05) is 23.2 Å². The van der Waals surface area contributed by atoms with E-state index in [0.29, 0.717) is 5.03 Å². The predicted octanol–water partition coefficient (Wildman–Crippen LogP) is 2.11. The third kappa shape index (κ3) is 1.73. The summed E-state index contributed by atoms with van der Waals surface area (Å²) in [7, 11) is 1.29. The second kappa shape index (κ2) is 3.70. The van der Waals surface area contributed by atoms with Gasteiger partial charge in [0.2, 0.25) is 5.60 Å². The molecule has 1 unspecified atom stereocenters. The Kier molecular flexibility index (Phi) is 3.01. The van der Waals surface area contributed by atoms with Crippen LogP contribution in [0.5, 0.6) is 0 Å². The van der Waals surface area contributed by atoms with E-state index in [1.54, 1.807) is 6.08 Å². The Morgan fingerprint density at radius 1 is 1.62 bits per heavy atom. The van der Waals surface area contributed by atoms with Gasteiger partial charge in [0.15, 0.2) is 0 Å². The van der Waals surface area contributed by atoms with Crippen molar-refractivity contribution < 1.29 is 14.6 Å². The highest BCUT2D eigenvalue weighted by Crippen LogP contribution is 2.36. The number of carboxylic acids is 1. The molecule has 0 aromatic heterocycles. The summed E-state index contributed by atoms with van der Waals surface area (Å²) in [5.41, 5.74) is -1.51. The van der Waals surface area contributed by atoms with Crippen LogP contribution >= 0.6 is 23.2 Å². The Bertz CT molecular complexity index is 296. The van der Waals surface area contributed by atoms with Crippen LogP contribution in [0.25, 0.3) is 0 Å². The molecule has 1 aliphatic carbocycles. The maximum absolute atomic E-state index is 10.9. The van der Waals surface area contributed by atoms with E-state index in [-0.39, 0.29) is 11.5 Å². The Balaban J connectivity index is 3.10. The van der Waals surface area contributed by atoms with Crippen LogP contribution in [0.3, 0.4) is 0 Å². The lowest BCUT2D eigenvalue weighted by Crippen LogP contribution is -2.42. The molecule has 13 heavy (non-hydrogen) atoms. The number of hydrogen-bond donors (Lipinski definition) is 1. The van der Waals surface area contributed by atoms with Crippen molar-refractivity contribution in [2.45, 2.75) is 12.0 Å². The quantitative estimate of drug-likeness (QED) is 0.779. The number of carboxylic acid groups (broad SMARTS) is 1. The van der Waals surface area contributed by atoms with Crippen molar-refractivity contribution in [3.05, 3.63) is 22.2 Å². The lowest BCUT2D eigenvalue weighted by molar-refractivity contribution is -0.156. The fraction of sp³-hybridized carbons (Fsp3) is 0.375. The number of rotatable bonds is 2. The fourth-order valence-corrected chi connectivity index (χ4v) is 1.65. The SMILES string of the molecule is COC1(C(=O)O)CC(Cl)=CC=C1Cl. The molecule has 1 rings (SSSR count). The van der Waals surface area contributed by atoms with E-state index in [2.05, 4.69) is 0 Å². The van der Waals surface area contributed by atoms with Gasteiger partial charge in [0.05, 0.1) is 5.03 Å². The molecule has 0 saturated carbocycles. The van der Waals surface area contributed by atoms with Gasteiger partial charge in [0, 0.05) is 18.6 Å². The Hall–Kier alpha value is -0.510. The van der Waals surface area contributed by atoms with Gasteiger partial charge in [-0.25, -0.2) is 4.79 Å². The minimum atomic E-state index is -1.51. The van der Waals surface area contributed by atoms with Gasteiger partial charge in [-0.2, -0.15) is 0 Å². The van der Waals surface area contributed by atoms with Gasteiger partial charge >= 0.3 is 5.97 Å². The molecule has 1 N–H and O–H groups in total. The summed E-state index contributed by atoms with van der Waals surface area (Å²) in [6.45, 7) is 0. The maximum atomic E-state index is 10.9. The number of carbonyl (C=O) groups is 1. The first-order chi connectivity index (χ1) is 6.03. The molecule has 72 valence electrons. The molecule has 0 aromatic rings. The fourth-order valence-electron chi connectivity index (χ4n) is 1.11. The summed E-state index contributed by atoms with van der Waals surface area (Å²) in [6, 6.07) is 0. The Labute approximate surface area is 85.6 Å². The van der Waals surface area contributed by atoms with Crippen LogP contribution in [0.15, 0.2) is 22.2 Å². The lowest BCUT2D eigenvalue weighted by Gasteiger charge is -2.29. The smallest absolute Gasteiger partial charge is 0.341 e. The van der Waals surface area contributed by atoms with Gasteiger partial charge < -0.3 is 9.84 Å². The summed E-state index contributed by atoms with van der Waals surface area (Å²) in [5, 5.41) is 9.48. The zero-order chi connectivity index (χ0) is 10.1. The van der Waals surface area contributed by atoms with E-state index in [9.17, 15) is 4.79 Å². The normalized spacial score (nSPS) is 27.9. The maximum Gasteiger partial charge on any atom is 0.341 e. The first-order valence-corrected chi connectivity index (χ1v) is 4.29. The van der Waals surface area contributed by atoms with E-state index in [1.165, 1.54) is 13.2 Å². The molecule has 0 bridgehead atoms. The average Bonchev–Trinajstić information content (AvgIpc) is 2.09. The van der Waals surface area contributed by atoms with Crippen LogP contribution in [-0.2, 0) is 9.53 Å². The van der Waals surface area contributed by atoms with Crippen LogP contribution in [0.1, 0.15) is 6.42 Å². The van der Waals surface area contributed by atoms with Crippen LogP contribution in [0.4, 0.5) is 0 Å². The summed E-state index contributed by atoms with van der Waals surface area (Å²) in [6.07, 6.45) is 3.06. The van der Waals surface area contributed by atoms with Gasteiger partial charge in [0.1, 0.15) is 0 Å². The van der Waals surface area contributed by atoms with Crippen LogP contribution in [-0.4, -0.2) is 23.8 Å². The molecule has 0 amide bonds. The van der Waals surface area contributed by atoms with Crippen molar-refractivity contribution in [1.29, 1.82) is 0 Å². The second-order valence-electron chi connectivity index (χ2n) is 2.64. The zero-order valence-corrected chi connectivity index (χ0v) is 8.39. The van der Waals surface area contributed by atoms with Gasteiger partial charge in [-0.3, -0.25) is 0 Å². The van der Waals surface area contributed by atoms with Crippen LogP contribution in [0, 0.1) is 0 Å². The van der Waals surface area contributed by atoms with E-state index in [1.807, 2.05) is 0 Å². The van der Waals surface area contributed by atoms with Crippen molar-refractivity contribution in [2.24, 2.45) is 0 Å². The zero-order valence-electron chi connectivity index (χ0n) is 6.88. The van der Waals surface area contributed by atoms with Crippen molar-refractivity contribution in [2.75, 3.05) is 7.11 Å². The van der Waals surface area contributed by atoms with E-state index in [0.717, 1.165) is 0 Å². The third-order valence-corrected chi connectivity index (χ3v) is 2.60. The highest BCUT2D eigenvalue weighted by atomic mass is 35.5. The molecule has 1 atom stereocenters. The molecular formula is C8H8Cl2O3. The topological polar surface area (TPSA) is 46.5 Å². The third-order valence-electron chi connectivity index (χ3n) is 1.91. The minimum absolute atomic E-state index is 0.0652. The van der Waals surface area contributed by atoms with Crippen LogP contribution in [0.2, 0.25) is 0 Å². The molecule has 0 heterocycles. The van der Waals surface area contributed by atoms with Crippen molar-refractivity contribution in [3.8, 4) is 0 Å². The molecule has 3 nitrogen and oxygen atoms in total. The Morgan fingerprint density at radius 3 is 2.62 bits per heavy atom. The number of methoxy groups -OCH3 is 1. The molecular weight excluding hydrogens is 215 g/mol. The van der Waals surface area contributed by atoms with Gasteiger partial charge in [-0.05, 0) is 12.2 Å². The molecule has 1 aliphatic rings. The van der Waals surface area contributed by atoms with Crippen molar-refractivity contribution in [1.82, 2.24) is 0 Å². The summed E-state index contributed by atoms with van der Waals surface area (Å²) >= 11 is 11.5. The van der Waals surface area contributed by atoms with Gasteiger partial charge in [0.25, 0.3) is 0 Å². The molecule has 0 fully saturated rings. The summed E-state index contributed by atoms with van der Waals surface area (Å²) in [5.74, 6) is -1.14. The van der Waals surface area contributed by atoms with Crippen molar-refractivity contribution >= 4 is 29.2 Å². The standard InChI is InChI=1S/C8H8Cl2O3/c1-13-8(7(11)12)4-5(9)2-3-6(8)10/h2-3H,4H2,1H3,(H,11,12). The van der Waals surface area contributed by atoms with E-state index >= 15 is 0 Å². The number of allylic oxidation sites excluding steroid dienone is 2. The minimum Gasteiger partial charge on any atom is -0.479 e. The highest BCUT2D eigenvalue weighted by Gasteiger charge is 2.44. The molecule has 0 radical (unpaired) electrons. The van der Waals surface area contributed by atoms with E-state index in [4.69, 9.17) is 33.0 Å².